The second kappa shape index (κ2) is 6.27. The molecule has 1 aromatic carbocycles. The molecule has 2 rings (SSSR count). The third-order valence-electron chi connectivity index (χ3n) is 3.15. The van der Waals surface area contributed by atoms with Gasteiger partial charge in [0.25, 0.3) is 0 Å². The fraction of sp³-hybridized carbons (Fsp3) is 0.286. The van der Waals surface area contributed by atoms with Crippen molar-refractivity contribution in [3.05, 3.63) is 22.3 Å². The summed E-state index contributed by atoms with van der Waals surface area (Å²) in [5.74, 6) is 0.383. The molecule has 0 aliphatic rings. The van der Waals surface area contributed by atoms with Gasteiger partial charge in [-0.15, -0.1) is 0 Å². The largest absolute Gasteiger partial charge is 0.496 e. The van der Waals surface area contributed by atoms with Crippen LogP contribution in [0.2, 0.25) is 0 Å². The molecule has 7 nitrogen and oxygen atoms in total. The Kier molecular flexibility index (Phi) is 4.60. The van der Waals surface area contributed by atoms with E-state index in [4.69, 9.17) is 19.3 Å². The SMILES string of the molecule is COc1cc(OC)c(-c2cc(C(=O)O)nn2C)c(Br)c1OC. The van der Waals surface area contributed by atoms with Gasteiger partial charge in [-0.25, -0.2) is 4.79 Å². The zero-order chi connectivity index (χ0) is 16.4. The van der Waals surface area contributed by atoms with E-state index >= 15 is 0 Å². The van der Waals surface area contributed by atoms with Crippen LogP contribution < -0.4 is 14.2 Å². The number of rotatable bonds is 5. The number of aryl methyl sites for hydroxylation is 1. The van der Waals surface area contributed by atoms with Crippen LogP contribution in [0.25, 0.3) is 11.3 Å². The van der Waals surface area contributed by atoms with Gasteiger partial charge in [0.15, 0.2) is 17.2 Å². The smallest absolute Gasteiger partial charge is 0.356 e. The molecule has 22 heavy (non-hydrogen) atoms. The highest BCUT2D eigenvalue weighted by Crippen LogP contribution is 2.47. The van der Waals surface area contributed by atoms with Crippen LogP contribution >= 0.6 is 15.9 Å². The number of carboxylic acids is 1. The molecule has 1 N–H and O–H groups in total. The molecule has 0 radical (unpaired) electrons. The van der Waals surface area contributed by atoms with Gasteiger partial charge in [0, 0.05) is 13.1 Å². The molecule has 0 aliphatic heterocycles. The number of hydrogen-bond acceptors (Lipinski definition) is 5. The first-order chi connectivity index (χ1) is 10.4. The maximum atomic E-state index is 11.1. The zero-order valence-electron chi connectivity index (χ0n) is 12.5. The third kappa shape index (κ3) is 2.61. The van der Waals surface area contributed by atoms with Gasteiger partial charge in [-0.3, -0.25) is 4.68 Å². The van der Waals surface area contributed by atoms with Gasteiger partial charge >= 0.3 is 5.97 Å². The minimum absolute atomic E-state index is 0.0544. The third-order valence-corrected chi connectivity index (χ3v) is 3.91. The van der Waals surface area contributed by atoms with Crippen molar-refractivity contribution in [2.24, 2.45) is 7.05 Å². The van der Waals surface area contributed by atoms with Crippen LogP contribution in [0.1, 0.15) is 10.5 Å². The van der Waals surface area contributed by atoms with Crippen LogP contribution in [0.5, 0.6) is 17.2 Å². The summed E-state index contributed by atoms with van der Waals surface area (Å²) in [5.41, 5.74) is 1.14. The van der Waals surface area contributed by atoms with E-state index in [0.717, 1.165) is 0 Å². The minimum Gasteiger partial charge on any atom is -0.496 e. The molecule has 1 aromatic heterocycles. The number of hydrogen-bond donors (Lipinski definition) is 1. The first-order valence-corrected chi connectivity index (χ1v) is 7.00. The van der Waals surface area contributed by atoms with Crippen molar-refractivity contribution < 1.29 is 24.1 Å². The lowest BCUT2D eigenvalue weighted by atomic mass is 10.1. The van der Waals surface area contributed by atoms with E-state index in [1.54, 1.807) is 13.1 Å². The van der Waals surface area contributed by atoms with Crippen LogP contribution in [-0.2, 0) is 7.05 Å². The number of nitrogens with zero attached hydrogens (tertiary/aromatic N) is 2. The highest BCUT2D eigenvalue weighted by molar-refractivity contribution is 9.10. The van der Waals surface area contributed by atoms with Crippen molar-refractivity contribution in [2.75, 3.05) is 21.3 Å². The summed E-state index contributed by atoms with van der Waals surface area (Å²) >= 11 is 3.47. The minimum atomic E-state index is -1.10. The summed E-state index contributed by atoms with van der Waals surface area (Å²) in [4.78, 5) is 11.1. The molecule has 0 unspecified atom stereocenters. The predicted molar refractivity (Wildman–Crippen MR) is 83.0 cm³/mol. The van der Waals surface area contributed by atoms with Crippen molar-refractivity contribution in [1.29, 1.82) is 0 Å². The van der Waals surface area contributed by atoms with E-state index < -0.39 is 5.97 Å². The molecule has 0 saturated heterocycles. The lowest BCUT2D eigenvalue weighted by Crippen LogP contribution is -2.01. The van der Waals surface area contributed by atoms with Gasteiger partial charge in [-0.1, -0.05) is 0 Å². The number of benzene rings is 1. The van der Waals surface area contributed by atoms with Crippen molar-refractivity contribution in [3.8, 4) is 28.5 Å². The summed E-state index contributed by atoms with van der Waals surface area (Å²) in [6.45, 7) is 0. The van der Waals surface area contributed by atoms with Gasteiger partial charge in [-0.2, -0.15) is 5.10 Å². The molecule has 0 atom stereocenters. The van der Waals surface area contributed by atoms with E-state index in [0.29, 0.717) is 33.0 Å². The Morgan fingerprint density at radius 3 is 2.27 bits per heavy atom. The van der Waals surface area contributed by atoms with Crippen molar-refractivity contribution in [2.45, 2.75) is 0 Å². The van der Waals surface area contributed by atoms with Crippen LogP contribution in [0.4, 0.5) is 0 Å². The molecule has 0 amide bonds. The number of halogens is 1. The summed E-state index contributed by atoms with van der Waals surface area (Å²) in [6.07, 6.45) is 0. The Balaban J connectivity index is 2.76. The highest BCUT2D eigenvalue weighted by Gasteiger charge is 2.23. The molecule has 0 saturated carbocycles. The molecular formula is C14H15BrN2O5. The lowest BCUT2D eigenvalue weighted by Gasteiger charge is -2.17. The van der Waals surface area contributed by atoms with Gasteiger partial charge in [-0.05, 0) is 22.0 Å². The second-order valence-electron chi connectivity index (χ2n) is 4.35. The number of aromatic carboxylic acids is 1. The van der Waals surface area contributed by atoms with Gasteiger partial charge in [0.1, 0.15) is 5.75 Å². The van der Waals surface area contributed by atoms with Crippen LogP contribution in [0.15, 0.2) is 16.6 Å². The van der Waals surface area contributed by atoms with Gasteiger partial charge < -0.3 is 19.3 Å². The van der Waals surface area contributed by atoms with E-state index in [-0.39, 0.29) is 5.69 Å². The Bertz CT molecular complexity index is 727. The monoisotopic (exact) mass is 370 g/mol. The summed E-state index contributed by atoms with van der Waals surface area (Å²) < 4.78 is 18.1. The maximum Gasteiger partial charge on any atom is 0.356 e. The first-order valence-electron chi connectivity index (χ1n) is 6.20. The van der Waals surface area contributed by atoms with Gasteiger partial charge in [0.05, 0.1) is 37.1 Å². The summed E-state index contributed by atoms with van der Waals surface area (Å²) in [6, 6.07) is 3.14. The fourth-order valence-electron chi connectivity index (χ4n) is 2.13. The summed E-state index contributed by atoms with van der Waals surface area (Å²) in [5, 5.41) is 13.1. The van der Waals surface area contributed by atoms with Crippen LogP contribution in [0, 0.1) is 0 Å². The maximum absolute atomic E-state index is 11.1. The molecule has 0 aliphatic carbocycles. The summed E-state index contributed by atoms with van der Waals surface area (Å²) in [7, 11) is 6.22. The molecule has 118 valence electrons. The Labute approximate surface area is 135 Å². The van der Waals surface area contributed by atoms with E-state index in [9.17, 15) is 4.79 Å². The number of carbonyl (C=O) groups is 1. The van der Waals surface area contributed by atoms with Crippen LogP contribution in [0.3, 0.4) is 0 Å². The Hall–Kier alpha value is -2.22. The molecule has 0 bridgehead atoms. The first kappa shape index (κ1) is 16.2. The zero-order valence-corrected chi connectivity index (χ0v) is 14.1. The standard InChI is InChI=1S/C14H15BrN2O5/c1-17-8(5-7(16-17)14(18)19)11-9(20-2)6-10(21-3)13(22-4)12(11)15/h5-6H,1-4H3,(H,18,19). The topological polar surface area (TPSA) is 82.8 Å². The Morgan fingerprint density at radius 2 is 1.82 bits per heavy atom. The molecule has 0 spiro atoms. The molecule has 0 fully saturated rings. The Morgan fingerprint density at radius 1 is 1.18 bits per heavy atom. The highest BCUT2D eigenvalue weighted by atomic mass is 79.9. The van der Waals surface area contributed by atoms with E-state index in [2.05, 4.69) is 21.0 Å². The number of ether oxygens (including phenoxy) is 3. The van der Waals surface area contributed by atoms with Crippen LogP contribution in [-0.4, -0.2) is 42.2 Å². The normalized spacial score (nSPS) is 10.4. The average molecular weight is 371 g/mol. The average Bonchev–Trinajstić information content (AvgIpc) is 2.88. The van der Waals surface area contributed by atoms with Crippen molar-refractivity contribution >= 4 is 21.9 Å². The van der Waals surface area contributed by atoms with E-state index in [1.807, 2.05) is 0 Å². The van der Waals surface area contributed by atoms with Crippen molar-refractivity contribution in [3.63, 3.8) is 0 Å². The fourth-order valence-corrected chi connectivity index (χ4v) is 2.89. The quantitative estimate of drug-likeness (QED) is 0.870. The number of aromatic nitrogens is 2. The second-order valence-corrected chi connectivity index (χ2v) is 5.14. The molecule has 1 heterocycles. The predicted octanol–water partition coefficient (Wildman–Crippen LogP) is 2.57. The molecule has 2 aromatic rings. The molecular weight excluding hydrogens is 356 g/mol. The number of methoxy groups -OCH3 is 3. The number of carboxylic acid groups (broad SMARTS) is 1. The van der Waals surface area contributed by atoms with Crippen molar-refractivity contribution in [1.82, 2.24) is 9.78 Å². The molecule has 8 heteroatoms. The van der Waals surface area contributed by atoms with Gasteiger partial charge in [0.2, 0.25) is 0 Å². The van der Waals surface area contributed by atoms with E-state index in [1.165, 1.54) is 32.1 Å². The lowest BCUT2D eigenvalue weighted by molar-refractivity contribution is 0.0689.